The van der Waals surface area contributed by atoms with Crippen molar-refractivity contribution in [3.8, 4) is 17.3 Å². The number of halogens is 1. The topological polar surface area (TPSA) is 56.1 Å². The summed E-state index contributed by atoms with van der Waals surface area (Å²) in [5.74, 6) is -0.156. The lowest BCUT2D eigenvalue weighted by atomic mass is 10.0. The number of nitrogens with one attached hydrogen (secondary N) is 1. The molecule has 23 heavy (non-hydrogen) atoms. The van der Waals surface area contributed by atoms with Crippen LogP contribution in [-0.4, -0.2) is 29.9 Å². The molecule has 4 nitrogen and oxygen atoms in total. The van der Waals surface area contributed by atoms with E-state index in [2.05, 4.69) is 11.5 Å². The maximum atomic E-state index is 12.3. The summed E-state index contributed by atoms with van der Waals surface area (Å²) >= 11 is 6.34. The van der Waals surface area contributed by atoms with Gasteiger partial charge in [-0.3, -0.25) is 4.79 Å². The van der Waals surface area contributed by atoms with E-state index in [0.29, 0.717) is 23.7 Å². The molecule has 1 atom stereocenters. The molecule has 3 rings (SSSR count). The Bertz CT molecular complexity index is 755. The second kappa shape index (κ2) is 6.72. The Kier molecular flexibility index (Phi) is 4.50. The van der Waals surface area contributed by atoms with Crippen LogP contribution in [0.3, 0.4) is 0 Å². The maximum absolute atomic E-state index is 12.3. The van der Waals surface area contributed by atoms with Gasteiger partial charge in [0.2, 0.25) is 0 Å². The van der Waals surface area contributed by atoms with E-state index in [1.54, 1.807) is 17.0 Å². The van der Waals surface area contributed by atoms with Crippen LogP contribution >= 0.6 is 11.6 Å². The monoisotopic (exact) mass is 325 g/mol. The van der Waals surface area contributed by atoms with Crippen molar-refractivity contribution in [2.45, 2.75) is 12.5 Å². The second-order valence-corrected chi connectivity index (χ2v) is 5.97. The molecule has 1 aliphatic heterocycles. The molecule has 1 heterocycles. The number of nitrogens with zero attached hydrogens (tertiary/aromatic N) is 2. The Morgan fingerprint density at radius 1 is 1.26 bits per heavy atom. The summed E-state index contributed by atoms with van der Waals surface area (Å²) in [7, 11) is 0. The van der Waals surface area contributed by atoms with Crippen LogP contribution in [0.25, 0.3) is 11.1 Å². The molecule has 5 heteroatoms. The standard InChI is InChI=1S/C18H16ClN3O/c19-17-10-14(6-7-16(17)13-4-2-1-3-5-13)18(23)21-15-8-9-22(11-15)12-20/h1-7,10,15H,8-9,11H2,(H,21,23). The Labute approximate surface area is 140 Å². The molecule has 0 spiro atoms. The van der Waals surface area contributed by atoms with Crippen molar-refractivity contribution in [3.63, 3.8) is 0 Å². The van der Waals surface area contributed by atoms with Gasteiger partial charge in [0.15, 0.2) is 6.19 Å². The van der Waals surface area contributed by atoms with Crippen LogP contribution in [0.1, 0.15) is 16.8 Å². The number of likely N-dealkylation sites (tertiary alicyclic amines) is 1. The molecule has 1 unspecified atom stereocenters. The van der Waals surface area contributed by atoms with Crippen molar-refractivity contribution in [3.05, 3.63) is 59.1 Å². The molecule has 0 radical (unpaired) electrons. The lowest BCUT2D eigenvalue weighted by molar-refractivity contribution is 0.0939. The first-order chi connectivity index (χ1) is 11.2. The van der Waals surface area contributed by atoms with Crippen molar-refractivity contribution < 1.29 is 4.79 Å². The van der Waals surface area contributed by atoms with Crippen LogP contribution < -0.4 is 5.32 Å². The molecule has 2 aromatic carbocycles. The number of nitriles is 1. The highest BCUT2D eigenvalue weighted by Gasteiger charge is 2.23. The molecule has 0 saturated carbocycles. The van der Waals surface area contributed by atoms with Gasteiger partial charge >= 0.3 is 0 Å². The van der Waals surface area contributed by atoms with Crippen molar-refractivity contribution in [2.24, 2.45) is 0 Å². The zero-order valence-corrected chi connectivity index (χ0v) is 13.3. The number of amides is 1. The minimum atomic E-state index is -0.156. The number of benzene rings is 2. The fourth-order valence-electron chi connectivity index (χ4n) is 2.75. The Morgan fingerprint density at radius 3 is 2.70 bits per heavy atom. The first-order valence-corrected chi connectivity index (χ1v) is 7.85. The molecule has 0 aliphatic carbocycles. The highest BCUT2D eigenvalue weighted by Crippen LogP contribution is 2.28. The molecule has 1 saturated heterocycles. The number of hydrogen-bond acceptors (Lipinski definition) is 3. The zero-order chi connectivity index (χ0) is 16.2. The van der Waals surface area contributed by atoms with Gasteiger partial charge in [-0.1, -0.05) is 48.0 Å². The van der Waals surface area contributed by atoms with Gasteiger partial charge in [-0.2, -0.15) is 5.26 Å². The maximum Gasteiger partial charge on any atom is 0.251 e. The molecule has 1 aliphatic rings. The van der Waals surface area contributed by atoms with Gasteiger partial charge < -0.3 is 10.2 Å². The summed E-state index contributed by atoms with van der Waals surface area (Å²) in [6.45, 7) is 1.26. The largest absolute Gasteiger partial charge is 0.347 e. The lowest BCUT2D eigenvalue weighted by Gasteiger charge is -2.13. The van der Waals surface area contributed by atoms with E-state index >= 15 is 0 Å². The number of carbonyl (C=O) groups excluding carboxylic acids is 1. The van der Waals surface area contributed by atoms with Crippen LogP contribution in [-0.2, 0) is 0 Å². The van der Waals surface area contributed by atoms with Crippen LogP contribution in [0.15, 0.2) is 48.5 Å². The average molecular weight is 326 g/mol. The number of carbonyl (C=O) groups is 1. The van der Waals surface area contributed by atoms with Crippen molar-refractivity contribution in [2.75, 3.05) is 13.1 Å². The molecule has 1 fully saturated rings. The fraction of sp³-hybridized carbons (Fsp3) is 0.222. The van der Waals surface area contributed by atoms with Crippen molar-refractivity contribution in [1.82, 2.24) is 10.2 Å². The molecule has 116 valence electrons. The molecule has 0 bridgehead atoms. The summed E-state index contributed by atoms with van der Waals surface area (Å²) in [5.41, 5.74) is 2.45. The van der Waals surface area contributed by atoms with Gasteiger partial charge in [-0.25, -0.2) is 0 Å². The van der Waals surface area contributed by atoms with Crippen molar-refractivity contribution in [1.29, 1.82) is 5.26 Å². The third-order valence-corrected chi connectivity index (χ3v) is 4.29. The van der Waals surface area contributed by atoms with Crippen LogP contribution in [0.2, 0.25) is 5.02 Å². The SMILES string of the molecule is N#CN1CCC(NC(=O)c2ccc(-c3ccccc3)c(Cl)c2)C1. The minimum absolute atomic E-state index is 0.00900. The molecule has 1 amide bonds. The van der Waals surface area contributed by atoms with E-state index < -0.39 is 0 Å². The quantitative estimate of drug-likeness (QED) is 0.881. The zero-order valence-electron chi connectivity index (χ0n) is 12.5. The smallest absolute Gasteiger partial charge is 0.251 e. The number of hydrogen-bond donors (Lipinski definition) is 1. The van der Waals surface area contributed by atoms with Gasteiger partial charge in [-0.05, 0) is 24.1 Å². The van der Waals surface area contributed by atoms with E-state index in [9.17, 15) is 4.79 Å². The van der Waals surface area contributed by atoms with E-state index in [-0.39, 0.29) is 11.9 Å². The van der Waals surface area contributed by atoms with Gasteiger partial charge in [0.05, 0.1) is 0 Å². The normalized spacial score (nSPS) is 16.9. The lowest BCUT2D eigenvalue weighted by Crippen LogP contribution is -2.36. The Morgan fingerprint density at radius 2 is 2.04 bits per heavy atom. The van der Waals surface area contributed by atoms with Gasteiger partial charge in [0.1, 0.15) is 0 Å². The Balaban J connectivity index is 1.73. The van der Waals surface area contributed by atoms with Gasteiger partial charge in [-0.15, -0.1) is 0 Å². The third-order valence-electron chi connectivity index (χ3n) is 3.98. The molecular formula is C18H16ClN3O. The Hall–Kier alpha value is -2.51. The van der Waals surface area contributed by atoms with E-state index in [0.717, 1.165) is 17.5 Å². The molecule has 2 aromatic rings. The average Bonchev–Trinajstić information content (AvgIpc) is 3.03. The summed E-state index contributed by atoms with van der Waals surface area (Å²) in [6.07, 6.45) is 2.89. The molecule has 0 aromatic heterocycles. The first-order valence-electron chi connectivity index (χ1n) is 7.48. The summed E-state index contributed by atoms with van der Waals surface area (Å²) < 4.78 is 0. The predicted octanol–water partition coefficient (Wildman–Crippen LogP) is 3.29. The van der Waals surface area contributed by atoms with E-state index in [1.165, 1.54) is 0 Å². The summed E-state index contributed by atoms with van der Waals surface area (Å²) in [5, 5.41) is 12.4. The minimum Gasteiger partial charge on any atom is -0.347 e. The van der Waals surface area contributed by atoms with Crippen LogP contribution in [0, 0.1) is 11.5 Å². The fourth-order valence-corrected chi connectivity index (χ4v) is 3.04. The first kappa shape index (κ1) is 15.4. The van der Waals surface area contributed by atoms with Crippen LogP contribution in [0.5, 0.6) is 0 Å². The highest BCUT2D eigenvalue weighted by atomic mass is 35.5. The molecule has 1 N–H and O–H groups in total. The van der Waals surface area contributed by atoms with E-state index in [1.807, 2.05) is 36.4 Å². The highest BCUT2D eigenvalue weighted by molar-refractivity contribution is 6.33. The number of rotatable bonds is 3. The van der Waals surface area contributed by atoms with Gasteiger partial charge in [0.25, 0.3) is 5.91 Å². The van der Waals surface area contributed by atoms with Crippen LogP contribution in [0.4, 0.5) is 0 Å². The molecular weight excluding hydrogens is 310 g/mol. The van der Waals surface area contributed by atoms with Gasteiger partial charge in [0, 0.05) is 35.3 Å². The van der Waals surface area contributed by atoms with Crippen molar-refractivity contribution >= 4 is 17.5 Å². The third kappa shape index (κ3) is 3.46. The predicted molar refractivity (Wildman–Crippen MR) is 89.9 cm³/mol. The van der Waals surface area contributed by atoms with E-state index in [4.69, 9.17) is 16.9 Å². The second-order valence-electron chi connectivity index (χ2n) is 5.57. The summed E-state index contributed by atoms with van der Waals surface area (Å²) in [6, 6.07) is 15.2. The summed E-state index contributed by atoms with van der Waals surface area (Å²) in [4.78, 5) is 14.0.